The summed E-state index contributed by atoms with van der Waals surface area (Å²) in [5.41, 5.74) is 2.52. The Balaban J connectivity index is 0. The van der Waals surface area contributed by atoms with Gasteiger partial charge in [0.05, 0.1) is 0 Å². The minimum Gasteiger partial charge on any atom is -0.0915 e. The molecule has 0 N–H and O–H groups in total. The van der Waals surface area contributed by atoms with E-state index in [-0.39, 0.29) is 0 Å². The second kappa shape index (κ2) is 13.0. The Hall–Kier alpha value is -1.04. The van der Waals surface area contributed by atoms with Gasteiger partial charge in [-0.25, -0.2) is 0 Å². The topological polar surface area (TPSA) is 0 Å². The van der Waals surface area contributed by atoms with Crippen molar-refractivity contribution in [1.29, 1.82) is 0 Å². The first-order valence-corrected chi connectivity index (χ1v) is 6.02. The van der Waals surface area contributed by atoms with E-state index < -0.39 is 0 Å². The first kappa shape index (κ1) is 16.4. The van der Waals surface area contributed by atoms with Crippen LogP contribution in [0.4, 0.5) is 0 Å². The molecule has 0 amide bonds. The second-order valence-corrected chi connectivity index (χ2v) is 2.68. The largest absolute Gasteiger partial charge is 0.0915 e. The molecule has 0 bridgehead atoms. The summed E-state index contributed by atoms with van der Waals surface area (Å²) in [6.45, 7) is 14.0. The predicted molar refractivity (Wildman–Crippen MR) is 73.1 cm³/mol. The van der Waals surface area contributed by atoms with Gasteiger partial charge in [0.15, 0.2) is 0 Å². The summed E-state index contributed by atoms with van der Waals surface area (Å²) in [6, 6.07) is 0. The summed E-state index contributed by atoms with van der Waals surface area (Å²) in [7, 11) is 0. The zero-order chi connectivity index (χ0) is 12.1. The van der Waals surface area contributed by atoms with Crippen LogP contribution in [0.25, 0.3) is 0 Å². The molecule has 0 unspecified atom stereocenters. The first-order valence-electron chi connectivity index (χ1n) is 6.02. The van der Waals surface area contributed by atoms with E-state index in [2.05, 4.69) is 30.9 Å². The highest BCUT2D eigenvalue weighted by Crippen LogP contribution is 2.19. The standard InChI is InChI=1S/C11H14.2C2H6/c1-3-7-10(2)11-8-5-4-6-9-11;2*1-2/h3-5,7-8H,2,6,9H2,1H3;2*1-2H3/b7-3-;;. The summed E-state index contributed by atoms with van der Waals surface area (Å²) in [4.78, 5) is 0. The van der Waals surface area contributed by atoms with Gasteiger partial charge in [-0.1, -0.05) is 64.7 Å². The number of hydrogen-bond donors (Lipinski definition) is 0. The Morgan fingerprint density at radius 3 is 2.27 bits per heavy atom. The molecule has 0 aromatic rings. The van der Waals surface area contributed by atoms with Crippen LogP contribution in [0.2, 0.25) is 0 Å². The van der Waals surface area contributed by atoms with Crippen LogP contribution in [-0.2, 0) is 0 Å². The Labute approximate surface area is 96.1 Å². The van der Waals surface area contributed by atoms with Crippen LogP contribution in [0, 0.1) is 0 Å². The van der Waals surface area contributed by atoms with E-state index in [4.69, 9.17) is 0 Å². The molecule has 1 rings (SSSR count). The highest BCUT2D eigenvalue weighted by atomic mass is 14.0. The molecule has 0 spiro atoms. The van der Waals surface area contributed by atoms with Gasteiger partial charge in [-0.05, 0) is 30.9 Å². The summed E-state index contributed by atoms with van der Waals surface area (Å²) in [6.07, 6.45) is 12.8. The maximum absolute atomic E-state index is 3.98. The molecule has 1 aliphatic carbocycles. The first-order chi connectivity index (χ1) is 7.34. The lowest BCUT2D eigenvalue weighted by atomic mass is 9.98. The van der Waals surface area contributed by atoms with Gasteiger partial charge in [-0.3, -0.25) is 0 Å². The van der Waals surface area contributed by atoms with Crippen molar-refractivity contribution in [2.75, 3.05) is 0 Å². The average molecular weight is 206 g/mol. The lowest BCUT2D eigenvalue weighted by molar-refractivity contribution is 0.979. The second-order valence-electron chi connectivity index (χ2n) is 2.68. The molecule has 0 aliphatic heterocycles. The average Bonchev–Trinajstić information content (AvgIpc) is 2.36. The molecular formula is C15H26. The minimum absolute atomic E-state index is 1.14. The minimum atomic E-state index is 1.14. The van der Waals surface area contributed by atoms with Crippen molar-refractivity contribution in [3.8, 4) is 0 Å². The van der Waals surface area contributed by atoms with Crippen LogP contribution in [0.3, 0.4) is 0 Å². The summed E-state index contributed by atoms with van der Waals surface area (Å²) < 4.78 is 0. The Morgan fingerprint density at radius 2 is 1.87 bits per heavy atom. The van der Waals surface area contributed by atoms with Crippen LogP contribution < -0.4 is 0 Å². The van der Waals surface area contributed by atoms with E-state index in [1.54, 1.807) is 0 Å². The van der Waals surface area contributed by atoms with Gasteiger partial charge in [0.25, 0.3) is 0 Å². The van der Waals surface area contributed by atoms with Crippen molar-refractivity contribution >= 4 is 0 Å². The van der Waals surface area contributed by atoms with Gasteiger partial charge in [-0.2, -0.15) is 0 Å². The molecular weight excluding hydrogens is 180 g/mol. The third kappa shape index (κ3) is 7.99. The van der Waals surface area contributed by atoms with Gasteiger partial charge in [-0.15, -0.1) is 0 Å². The third-order valence-electron chi connectivity index (χ3n) is 1.79. The molecule has 0 nitrogen and oxygen atoms in total. The fraction of sp³-hybridized carbons (Fsp3) is 0.467. The van der Waals surface area contributed by atoms with Gasteiger partial charge >= 0.3 is 0 Å². The molecule has 0 radical (unpaired) electrons. The highest BCUT2D eigenvalue weighted by molar-refractivity contribution is 5.40. The molecule has 0 aromatic heterocycles. The van der Waals surface area contributed by atoms with E-state index >= 15 is 0 Å². The van der Waals surface area contributed by atoms with Crippen molar-refractivity contribution in [3.05, 3.63) is 48.1 Å². The summed E-state index contributed by atoms with van der Waals surface area (Å²) in [5.74, 6) is 0. The van der Waals surface area contributed by atoms with E-state index in [0.29, 0.717) is 0 Å². The number of allylic oxidation sites excluding steroid dienone is 7. The molecule has 0 fully saturated rings. The van der Waals surface area contributed by atoms with Crippen LogP contribution in [0.1, 0.15) is 47.5 Å². The molecule has 86 valence electrons. The quantitative estimate of drug-likeness (QED) is 0.527. The van der Waals surface area contributed by atoms with Gasteiger partial charge in [0, 0.05) is 0 Å². The fourth-order valence-corrected chi connectivity index (χ4v) is 1.18. The van der Waals surface area contributed by atoms with Crippen molar-refractivity contribution < 1.29 is 0 Å². The van der Waals surface area contributed by atoms with Crippen molar-refractivity contribution in [1.82, 2.24) is 0 Å². The fourth-order valence-electron chi connectivity index (χ4n) is 1.18. The smallest absolute Gasteiger partial charge is 0.0238 e. The van der Waals surface area contributed by atoms with Crippen molar-refractivity contribution in [2.45, 2.75) is 47.5 Å². The summed E-state index contributed by atoms with van der Waals surface area (Å²) in [5, 5.41) is 0. The predicted octanol–water partition coefficient (Wildman–Crippen LogP) is 5.45. The molecule has 0 saturated carbocycles. The molecule has 0 heterocycles. The molecule has 0 saturated heterocycles. The van der Waals surface area contributed by atoms with Crippen LogP contribution in [0.15, 0.2) is 48.1 Å². The van der Waals surface area contributed by atoms with E-state index in [0.717, 1.165) is 18.4 Å². The molecule has 0 heteroatoms. The molecule has 1 aliphatic rings. The van der Waals surface area contributed by atoms with E-state index in [1.807, 2.05) is 40.7 Å². The monoisotopic (exact) mass is 206 g/mol. The van der Waals surface area contributed by atoms with Crippen molar-refractivity contribution in [2.24, 2.45) is 0 Å². The summed E-state index contributed by atoms with van der Waals surface area (Å²) >= 11 is 0. The van der Waals surface area contributed by atoms with Crippen LogP contribution in [0.5, 0.6) is 0 Å². The Kier molecular flexibility index (Phi) is 14.2. The lowest BCUT2D eigenvalue weighted by Gasteiger charge is -2.07. The zero-order valence-corrected chi connectivity index (χ0v) is 11.0. The molecule has 15 heavy (non-hydrogen) atoms. The maximum Gasteiger partial charge on any atom is -0.0238 e. The molecule has 0 aromatic carbocycles. The van der Waals surface area contributed by atoms with Crippen LogP contribution in [-0.4, -0.2) is 0 Å². The van der Waals surface area contributed by atoms with Gasteiger partial charge in [0.1, 0.15) is 0 Å². The van der Waals surface area contributed by atoms with Gasteiger partial charge < -0.3 is 0 Å². The normalized spacial score (nSPS) is 13.3. The van der Waals surface area contributed by atoms with Crippen LogP contribution >= 0.6 is 0 Å². The zero-order valence-electron chi connectivity index (χ0n) is 11.0. The lowest BCUT2D eigenvalue weighted by Crippen LogP contribution is -1.88. The van der Waals surface area contributed by atoms with E-state index in [9.17, 15) is 0 Å². The van der Waals surface area contributed by atoms with E-state index in [1.165, 1.54) is 5.57 Å². The van der Waals surface area contributed by atoms with Crippen molar-refractivity contribution in [3.63, 3.8) is 0 Å². The van der Waals surface area contributed by atoms with Gasteiger partial charge in [0.2, 0.25) is 0 Å². The number of hydrogen-bond acceptors (Lipinski definition) is 0. The SMILES string of the molecule is C=C(/C=C\C)C1=CC=CCC1.CC.CC. The number of rotatable bonds is 2. The Morgan fingerprint density at radius 1 is 1.27 bits per heavy atom. The molecule has 0 atom stereocenters. The maximum atomic E-state index is 3.98. The highest BCUT2D eigenvalue weighted by Gasteiger charge is 1.99. The third-order valence-corrected chi connectivity index (χ3v) is 1.79. The Bertz CT molecular complexity index is 226.